The van der Waals surface area contributed by atoms with E-state index < -0.39 is 0 Å². The minimum atomic E-state index is 0.774. The predicted molar refractivity (Wildman–Crippen MR) is 56.5 cm³/mol. The Bertz CT molecular complexity index is 271. The van der Waals surface area contributed by atoms with Gasteiger partial charge in [-0.15, -0.1) is 0 Å². The first kappa shape index (κ1) is 9.90. The lowest BCUT2D eigenvalue weighted by Gasteiger charge is -2.18. The summed E-state index contributed by atoms with van der Waals surface area (Å²) in [5.41, 5.74) is 2.39. The molecule has 0 radical (unpaired) electrons. The molecule has 0 unspecified atom stereocenters. The van der Waals surface area contributed by atoms with Crippen LogP contribution in [0.2, 0.25) is 0 Å². The predicted octanol–water partition coefficient (Wildman–Crippen LogP) is 2.83. The molecule has 1 aliphatic heterocycles. The van der Waals surface area contributed by atoms with E-state index in [2.05, 4.69) is 24.4 Å². The highest BCUT2D eigenvalue weighted by atomic mass is 16.5. The summed E-state index contributed by atoms with van der Waals surface area (Å²) in [6.45, 7) is 7.77. The van der Waals surface area contributed by atoms with Crippen molar-refractivity contribution in [1.29, 1.82) is 0 Å². The van der Waals surface area contributed by atoms with Crippen molar-refractivity contribution < 1.29 is 4.74 Å². The van der Waals surface area contributed by atoms with Crippen LogP contribution in [0, 0.1) is 6.92 Å². The van der Waals surface area contributed by atoms with Crippen LogP contribution < -0.4 is 10.1 Å². The fourth-order valence-electron chi connectivity index (χ4n) is 1.25. The third-order valence-corrected chi connectivity index (χ3v) is 1.81. The van der Waals surface area contributed by atoms with Crippen molar-refractivity contribution in [3.05, 3.63) is 23.8 Å². The molecule has 13 heavy (non-hydrogen) atoms. The molecular weight excluding hydrogens is 162 g/mol. The largest absolute Gasteiger partial charge is 0.490 e. The molecule has 2 nitrogen and oxygen atoms in total. The number of hydrogen-bond acceptors (Lipinski definition) is 2. The van der Waals surface area contributed by atoms with Gasteiger partial charge < -0.3 is 10.1 Å². The van der Waals surface area contributed by atoms with Gasteiger partial charge in [-0.3, -0.25) is 0 Å². The number of rotatable bonds is 0. The fourth-order valence-corrected chi connectivity index (χ4v) is 1.25. The zero-order valence-electron chi connectivity index (χ0n) is 8.55. The molecule has 0 saturated heterocycles. The van der Waals surface area contributed by atoms with Crippen LogP contribution >= 0.6 is 0 Å². The molecule has 0 atom stereocenters. The molecule has 1 heterocycles. The van der Waals surface area contributed by atoms with Crippen LogP contribution in [0.4, 0.5) is 5.69 Å². The van der Waals surface area contributed by atoms with Gasteiger partial charge in [0.15, 0.2) is 0 Å². The maximum atomic E-state index is 5.42. The lowest BCUT2D eigenvalue weighted by Crippen LogP contribution is -2.17. The minimum absolute atomic E-state index is 0.774. The summed E-state index contributed by atoms with van der Waals surface area (Å²) in [5.74, 6) is 0.974. The Kier molecular flexibility index (Phi) is 3.62. The van der Waals surface area contributed by atoms with Crippen molar-refractivity contribution in [1.82, 2.24) is 0 Å². The SMILES string of the molecule is CC.Cc1ccc2c(c1)NCCO2. The van der Waals surface area contributed by atoms with Crippen molar-refractivity contribution in [3.8, 4) is 5.75 Å². The summed E-state index contributed by atoms with van der Waals surface area (Å²) in [4.78, 5) is 0. The lowest BCUT2D eigenvalue weighted by molar-refractivity contribution is 0.323. The van der Waals surface area contributed by atoms with Gasteiger partial charge in [0, 0.05) is 6.54 Å². The first-order chi connectivity index (χ1) is 6.36. The van der Waals surface area contributed by atoms with Gasteiger partial charge in [-0.05, 0) is 24.6 Å². The molecule has 2 rings (SSSR count). The molecule has 0 aliphatic carbocycles. The van der Waals surface area contributed by atoms with Gasteiger partial charge >= 0.3 is 0 Å². The summed E-state index contributed by atoms with van der Waals surface area (Å²) >= 11 is 0. The summed E-state index contributed by atoms with van der Waals surface area (Å²) in [6.07, 6.45) is 0. The van der Waals surface area contributed by atoms with E-state index in [0.29, 0.717) is 0 Å². The van der Waals surface area contributed by atoms with Crippen molar-refractivity contribution in [3.63, 3.8) is 0 Å². The summed E-state index contributed by atoms with van der Waals surface area (Å²) in [7, 11) is 0. The number of hydrogen-bond donors (Lipinski definition) is 1. The Balaban J connectivity index is 0.000000396. The quantitative estimate of drug-likeness (QED) is 0.661. The van der Waals surface area contributed by atoms with Crippen LogP contribution in [0.3, 0.4) is 0 Å². The van der Waals surface area contributed by atoms with Gasteiger partial charge in [-0.2, -0.15) is 0 Å². The fraction of sp³-hybridized carbons (Fsp3) is 0.455. The van der Waals surface area contributed by atoms with Crippen molar-refractivity contribution >= 4 is 5.69 Å². The highest BCUT2D eigenvalue weighted by molar-refractivity contribution is 5.59. The molecule has 0 saturated carbocycles. The molecule has 1 aliphatic rings. The average molecular weight is 179 g/mol. The summed E-state index contributed by atoms with van der Waals surface area (Å²) in [5, 5.41) is 3.28. The van der Waals surface area contributed by atoms with Crippen LogP contribution in [0.15, 0.2) is 18.2 Å². The number of nitrogens with one attached hydrogen (secondary N) is 1. The monoisotopic (exact) mass is 179 g/mol. The third-order valence-electron chi connectivity index (χ3n) is 1.81. The standard InChI is InChI=1S/C9H11NO.C2H6/c1-7-2-3-9-8(6-7)10-4-5-11-9;1-2/h2-3,6,10H,4-5H2,1H3;1-2H3. The number of fused-ring (bicyclic) bond motifs is 1. The first-order valence-corrected chi connectivity index (χ1v) is 4.83. The number of anilines is 1. The molecule has 2 heteroatoms. The number of aryl methyl sites for hydroxylation is 1. The summed E-state index contributed by atoms with van der Waals surface area (Å²) in [6, 6.07) is 6.18. The highest BCUT2D eigenvalue weighted by Crippen LogP contribution is 2.27. The van der Waals surface area contributed by atoms with Crippen LogP contribution in [0.25, 0.3) is 0 Å². The van der Waals surface area contributed by atoms with Gasteiger partial charge in [0.25, 0.3) is 0 Å². The van der Waals surface area contributed by atoms with Gasteiger partial charge in [0.2, 0.25) is 0 Å². The zero-order valence-corrected chi connectivity index (χ0v) is 8.55. The molecule has 0 fully saturated rings. The molecule has 1 aromatic carbocycles. The van der Waals surface area contributed by atoms with Crippen LogP contribution in [-0.4, -0.2) is 13.2 Å². The highest BCUT2D eigenvalue weighted by Gasteiger charge is 2.07. The molecule has 0 bridgehead atoms. The van der Waals surface area contributed by atoms with E-state index in [-0.39, 0.29) is 0 Å². The molecule has 72 valence electrons. The molecule has 0 aromatic heterocycles. The van der Waals surface area contributed by atoms with Gasteiger partial charge in [0.05, 0.1) is 5.69 Å². The second-order valence-electron chi connectivity index (χ2n) is 2.77. The Labute approximate surface area is 79.9 Å². The smallest absolute Gasteiger partial charge is 0.142 e. The third kappa shape index (κ3) is 2.38. The molecule has 1 N–H and O–H groups in total. The molecule has 1 aromatic rings. The Morgan fingerprint density at radius 1 is 1.31 bits per heavy atom. The van der Waals surface area contributed by atoms with E-state index in [1.807, 2.05) is 19.9 Å². The van der Waals surface area contributed by atoms with Crippen LogP contribution in [-0.2, 0) is 0 Å². The second-order valence-corrected chi connectivity index (χ2v) is 2.77. The van der Waals surface area contributed by atoms with E-state index >= 15 is 0 Å². The van der Waals surface area contributed by atoms with E-state index in [9.17, 15) is 0 Å². The maximum Gasteiger partial charge on any atom is 0.142 e. The van der Waals surface area contributed by atoms with Gasteiger partial charge in [0.1, 0.15) is 12.4 Å². The van der Waals surface area contributed by atoms with Crippen molar-refractivity contribution in [2.24, 2.45) is 0 Å². The van der Waals surface area contributed by atoms with Crippen molar-refractivity contribution in [2.45, 2.75) is 20.8 Å². The van der Waals surface area contributed by atoms with Crippen LogP contribution in [0.5, 0.6) is 5.75 Å². The zero-order chi connectivity index (χ0) is 9.68. The number of benzene rings is 1. The van der Waals surface area contributed by atoms with E-state index in [0.717, 1.165) is 24.6 Å². The van der Waals surface area contributed by atoms with Gasteiger partial charge in [-0.1, -0.05) is 19.9 Å². The topological polar surface area (TPSA) is 21.3 Å². The molecule has 0 amide bonds. The second kappa shape index (κ2) is 4.75. The maximum absolute atomic E-state index is 5.42. The molecular formula is C11H17NO. The minimum Gasteiger partial charge on any atom is -0.490 e. The Hall–Kier alpha value is -1.18. The van der Waals surface area contributed by atoms with Crippen molar-refractivity contribution in [2.75, 3.05) is 18.5 Å². The van der Waals surface area contributed by atoms with E-state index in [4.69, 9.17) is 4.74 Å². The molecule has 0 spiro atoms. The average Bonchev–Trinajstić information content (AvgIpc) is 2.21. The Morgan fingerprint density at radius 3 is 2.85 bits per heavy atom. The van der Waals surface area contributed by atoms with Crippen LogP contribution in [0.1, 0.15) is 19.4 Å². The summed E-state index contributed by atoms with van der Waals surface area (Å²) < 4.78 is 5.42. The van der Waals surface area contributed by atoms with E-state index in [1.54, 1.807) is 0 Å². The van der Waals surface area contributed by atoms with E-state index in [1.165, 1.54) is 5.56 Å². The first-order valence-electron chi connectivity index (χ1n) is 4.83. The van der Waals surface area contributed by atoms with Gasteiger partial charge in [-0.25, -0.2) is 0 Å². The lowest BCUT2D eigenvalue weighted by atomic mass is 10.2. The number of ether oxygens (including phenoxy) is 1. The Morgan fingerprint density at radius 2 is 2.08 bits per heavy atom. The normalized spacial score (nSPS) is 12.8.